The van der Waals surface area contributed by atoms with Gasteiger partial charge in [-0.1, -0.05) is 30.3 Å². The molecule has 86 valence electrons. The lowest BCUT2D eigenvalue weighted by atomic mass is 10.0. The molecule has 0 aromatic heterocycles. The summed E-state index contributed by atoms with van der Waals surface area (Å²) in [5, 5.41) is 2.34. The highest BCUT2D eigenvalue weighted by atomic mass is 32.2. The van der Waals surface area contributed by atoms with Crippen LogP contribution in [0.3, 0.4) is 0 Å². The monoisotopic (exact) mass is 262 g/mol. The third-order valence-electron chi connectivity index (χ3n) is 2.40. The Hall–Kier alpha value is -1.50. The van der Waals surface area contributed by atoms with Crippen LogP contribution in [0.5, 0.6) is 0 Å². The molecule has 0 spiro atoms. The van der Waals surface area contributed by atoms with Gasteiger partial charge in [0.2, 0.25) is 0 Å². The molecule has 1 atom stereocenters. The molecule has 2 aromatic carbocycles. The number of anilines is 1. The molecule has 0 heterocycles. The lowest BCUT2D eigenvalue weighted by Gasteiger charge is -2.12. The molecule has 6 heteroatoms. The van der Waals surface area contributed by atoms with Crippen LogP contribution in [0.4, 0.5) is 5.69 Å². The Morgan fingerprint density at radius 3 is 2.65 bits per heavy atom. The fourth-order valence-electron chi connectivity index (χ4n) is 1.74. The Morgan fingerprint density at radius 2 is 2.00 bits per heavy atom. The second-order valence-corrected chi connectivity index (χ2v) is 4.72. The molecule has 0 fully saturated rings. The molecule has 4 N–H and O–H groups in total. The van der Waals surface area contributed by atoms with Crippen LogP contribution in [-0.4, -0.2) is 23.9 Å². The van der Waals surface area contributed by atoms with Crippen molar-refractivity contribution in [2.45, 2.75) is 0 Å². The average molecular weight is 262 g/mol. The van der Waals surface area contributed by atoms with Crippen LogP contribution in [0, 0.1) is 0 Å². The van der Waals surface area contributed by atoms with Gasteiger partial charge in [0.15, 0.2) is 0 Å². The molecule has 0 amide bonds. The van der Waals surface area contributed by atoms with E-state index >= 15 is 0 Å². The number of rotatable bonds is 3. The van der Waals surface area contributed by atoms with Crippen molar-refractivity contribution in [1.29, 1.82) is 0 Å². The van der Waals surface area contributed by atoms with E-state index in [-0.39, 0.29) is 0 Å². The topological polar surface area (TPSA) is 75.3 Å². The largest absolute Gasteiger partial charge is 0.402 e. The van der Waals surface area contributed by atoms with E-state index in [0.29, 0.717) is 16.5 Å². The molecule has 0 aliphatic rings. The van der Waals surface area contributed by atoms with Crippen LogP contribution in [0.15, 0.2) is 36.4 Å². The van der Waals surface area contributed by atoms with Crippen LogP contribution >= 0.6 is 0 Å². The maximum Gasteiger partial charge on any atom is 0.259 e. The standard InChI is InChI=1S/C11H10N2O2SSi/c12-11(17)10-8-4-2-1-3-7(8)5-6-9(10)13-16(14)15/h1-6,13H,12H2,(H,14,15). The molecule has 0 saturated heterocycles. The Morgan fingerprint density at radius 1 is 1.29 bits per heavy atom. The number of fused-ring (bicyclic) bond motifs is 1. The van der Waals surface area contributed by atoms with Crippen molar-refractivity contribution < 1.29 is 8.76 Å². The Bertz CT molecular complexity index is 615. The third-order valence-corrected chi connectivity index (χ3v) is 3.04. The third kappa shape index (κ3) is 2.43. The highest BCUT2D eigenvalue weighted by Gasteiger charge is 2.09. The predicted molar refractivity (Wildman–Crippen MR) is 72.4 cm³/mol. The number of hydrogen-bond acceptors (Lipinski definition) is 2. The second kappa shape index (κ2) is 4.78. The van der Waals surface area contributed by atoms with E-state index < -0.39 is 11.3 Å². The van der Waals surface area contributed by atoms with Crippen LogP contribution in [0.1, 0.15) is 5.56 Å². The van der Waals surface area contributed by atoms with Gasteiger partial charge in [-0.2, -0.15) is 0 Å². The summed E-state index contributed by atoms with van der Waals surface area (Å²) in [6.07, 6.45) is 0. The van der Waals surface area contributed by atoms with Gasteiger partial charge < -0.3 is 5.73 Å². The molecule has 0 saturated carbocycles. The molecule has 1 unspecified atom stereocenters. The highest BCUT2D eigenvalue weighted by molar-refractivity contribution is 7.80. The van der Waals surface area contributed by atoms with Gasteiger partial charge >= 0.3 is 0 Å². The minimum atomic E-state index is -2.13. The molecule has 17 heavy (non-hydrogen) atoms. The SMILES string of the molecule is NC(=[Si])c1c(NS(=O)O)ccc2ccccc12. The highest BCUT2D eigenvalue weighted by Crippen LogP contribution is 2.25. The summed E-state index contributed by atoms with van der Waals surface area (Å²) in [6, 6.07) is 11.3. The van der Waals surface area contributed by atoms with Crippen molar-refractivity contribution in [3.8, 4) is 0 Å². The Kier molecular flexibility index (Phi) is 3.37. The molecule has 2 rings (SSSR count). The zero-order valence-electron chi connectivity index (χ0n) is 8.81. The van der Waals surface area contributed by atoms with Crippen LogP contribution in [0.25, 0.3) is 10.8 Å². The first kappa shape index (κ1) is 12.0. The van der Waals surface area contributed by atoms with Gasteiger partial charge in [-0.05, 0) is 16.8 Å². The zero-order chi connectivity index (χ0) is 12.4. The van der Waals surface area contributed by atoms with Gasteiger partial charge in [0.25, 0.3) is 11.3 Å². The van der Waals surface area contributed by atoms with E-state index in [1.807, 2.05) is 30.3 Å². The first-order chi connectivity index (χ1) is 8.09. The zero-order valence-corrected chi connectivity index (χ0v) is 10.6. The van der Waals surface area contributed by atoms with Gasteiger partial charge in [0, 0.05) is 10.9 Å². The lowest BCUT2D eigenvalue weighted by Crippen LogP contribution is -2.17. The molecule has 0 aliphatic heterocycles. The van der Waals surface area contributed by atoms with Crippen molar-refractivity contribution >= 4 is 42.9 Å². The number of nitrogens with one attached hydrogen (secondary N) is 1. The van der Waals surface area contributed by atoms with Gasteiger partial charge in [-0.25, -0.2) is 4.21 Å². The quantitative estimate of drug-likeness (QED) is 0.570. The van der Waals surface area contributed by atoms with Crippen molar-refractivity contribution in [3.63, 3.8) is 0 Å². The summed E-state index contributed by atoms with van der Waals surface area (Å²) in [5.41, 5.74) is 6.96. The molecule has 0 aliphatic carbocycles. The first-order valence-electron chi connectivity index (χ1n) is 4.83. The predicted octanol–water partition coefficient (Wildman–Crippen LogP) is 0.994. The summed E-state index contributed by atoms with van der Waals surface area (Å²) < 4.78 is 22.1. The number of nitrogens with two attached hydrogens (primary N) is 1. The lowest BCUT2D eigenvalue weighted by molar-refractivity contribution is 0.570. The fourth-order valence-corrected chi connectivity index (χ4v) is 2.37. The molecule has 2 radical (unpaired) electrons. The van der Waals surface area contributed by atoms with E-state index in [1.54, 1.807) is 6.07 Å². The minimum absolute atomic E-state index is 0.412. The van der Waals surface area contributed by atoms with Gasteiger partial charge in [0.1, 0.15) is 0 Å². The van der Waals surface area contributed by atoms with Crippen molar-refractivity contribution in [1.82, 2.24) is 0 Å². The van der Waals surface area contributed by atoms with Crippen LogP contribution in [-0.2, 0) is 11.3 Å². The molecule has 4 nitrogen and oxygen atoms in total. The number of hydrogen-bond donors (Lipinski definition) is 3. The summed E-state index contributed by atoms with van der Waals surface area (Å²) in [4.78, 5) is 0. The Labute approximate surface area is 104 Å². The summed E-state index contributed by atoms with van der Waals surface area (Å²) in [5.74, 6) is 0. The second-order valence-electron chi connectivity index (χ2n) is 3.47. The van der Waals surface area contributed by atoms with Gasteiger partial charge in [-0.3, -0.25) is 9.27 Å². The smallest absolute Gasteiger partial charge is 0.259 e. The molecule has 0 bridgehead atoms. The molecular formula is C11H10N2O2SSi. The van der Waals surface area contributed by atoms with Crippen LogP contribution in [0.2, 0.25) is 0 Å². The van der Waals surface area contributed by atoms with Crippen molar-refractivity contribution in [2.75, 3.05) is 4.72 Å². The minimum Gasteiger partial charge on any atom is -0.402 e. The van der Waals surface area contributed by atoms with E-state index in [4.69, 9.17) is 10.3 Å². The van der Waals surface area contributed by atoms with E-state index in [2.05, 4.69) is 14.6 Å². The van der Waals surface area contributed by atoms with Gasteiger partial charge in [0.05, 0.1) is 15.5 Å². The fraction of sp³-hybridized carbons (Fsp3) is 0. The number of benzene rings is 2. The molecule has 2 aromatic rings. The Balaban J connectivity index is 2.72. The normalized spacial score (nSPS) is 12.3. The summed E-state index contributed by atoms with van der Waals surface area (Å²) >= 11 is -2.13. The van der Waals surface area contributed by atoms with Crippen LogP contribution < -0.4 is 10.5 Å². The molecular weight excluding hydrogens is 252 g/mol. The van der Waals surface area contributed by atoms with E-state index in [9.17, 15) is 4.21 Å². The first-order valence-corrected chi connectivity index (χ1v) is 6.44. The van der Waals surface area contributed by atoms with E-state index in [1.165, 1.54) is 0 Å². The summed E-state index contributed by atoms with van der Waals surface area (Å²) in [6.45, 7) is 0. The van der Waals surface area contributed by atoms with Crippen molar-refractivity contribution in [2.24, 2.45) is 5.73 Å². The van der Waals surface area contributed by atoms with Crippen molar-refractivity contribution in [3.05, 3.63) is 42.0 Å². The maximum absolute atomic E-state index is 10.8. The maximum atomic E-state index is 10.8. The summed E-state index contributed by atoms with van der Waals surface area (Å²) in [7, 11) is 3.27. The average Bonchev–Trinajstić information content (AvgIpc) is 2.27. The van der Waals surface area contributed by atoms with E-state index in [0.717, 1.165) is 10.8 Å². The van der Waals surface area contributed by atoms with Gasteiger partial charge in [-0.15, -0.1) is 0 Å².